The Labute approximate surface area is 120 Å². The summed E-state index contributed by atoms with van der Waals surface area (Å²) in [6, 6.07) is 7.50. The fourth-order valence-electron chi connectivity index (χ4n) is 2.57. The van der Waals surface area contributed by atoms with Crippen molar-refractivity contribution in [1.82, 2.24) is 4.90 Å². The van der Waals surface area contributed by atoms with Gasteiger partial charge in [-0.3, -0.25) is 14.5 Å². The van der Waals surface area contributed by atoms with Crippen LogP contribution < -0.4 is 5.32 Å². The summed E-state index contributed by atoms with van der Waals surface area (Å²) >= 11 is 0. The fraction of sp³-hybridized carbons (Fsp3) is 0.500. The smallest absolute Gasteiger partial charge is 0.238 e. The molecule has 0 aromatic heterocycles. The lowest BCUT2D eigenvalue weighted by atomic mass is 10.0. The molecule has 0 spiro atoms. The van der Waals surface area contributed by atoms with Gasteiger partial charge >= 0.3 is 0 Å². The van der Waals surface area contributed by atoms with Crippen LogP contribution in [0, 0.1) is 0 Å². The monoisotopic (exact) mass is 274 g/mol. The summed E-state index contributed by atoms with van der Waals surface area (Å²) in [5.74, 6) is 0.0411. The number of piperidine rings is 1. The minimum atomic E-state index is 0.00863. The number of carbonyl (C=O) groups excluding carboxylic acids is 2. The Hall–Kier alpha value is -1.68. The lowest BCUT2D eigenvalue weighted by molar-refractivity contribution is -0.118. The fourth-order valence-corrected chi connectivity index (χ4v) is 2.57. The van der Waals surface area contributed by atoms with Crippen LogP contribution >= 0.6 is 0 Å². The highest BCUT2D eigenvalue weighted by Gasteiger charge is 2.20. The van der Waals surface area contributed by atoms with E-state index in [4.69, 9.17) is 0 Å². The van der Waals surface area contributed by atoms with Crippen molar-refractivity contribution in [2.45, 2.75) is 39.2 Å². The minimum Gasteiger partial charge on any atom is -0.325 e. The molecule has 0 bridgehead atoms. The molecule has 1 fully saturated rings. The van der Waals surface area contributed by atoms with Gasteiger partial charge in [-0.05, 0) is 57.5 Å². The van der Waals surface area contributed by atoms with Crippen molar-refractivity contribution in [3.05, 3.63) is 29.8 Å². The number of nitrogens with one attached hydrogen (secondary N) is 1. The predicted octanol–water partition coefficient (Wildman–Crippen LogP) is 2.70. The first-order valence-electron chi connectivity index (χ1n) is 7.21. The number of nitrogens with zero attached hydrogens (tertiary/aromatic N) is 1. The van der Waals surface area contributed by atoms with Gasteiger partial charge in [-0.25, -0.2) is 0 Å². The second-order valence-corrected chi connectivity index (χ2v) is 5.50. The topological polar surface area (TPSA) is 49.4 Å². The summed E-state index contributed by atoms with van der Waals surface area (Å²) in [5.41, 5.74) is 1.40. The van der Waals surface area contributed by atoms with Gasteiger partial charge in [-0.1, -0.05) is 6.42 Å². The summed E-state index contributed by atoms with van der Waals surface area (Å²) < 4.78 is 0. The van der Waals surface area contributed by atoms with E-state index in [2.05, 4.69) is 17.1 Å². The zero-order chi connectivity index (χ0) is 14.5. The number of anilines is 1. The molecule has 1 N–H and O–H groups in total. The lowest BCUT2D eigenvalue weighted by Crippen LogP contribution is -2.42. The molecule has 1 aromatic rings. The van der Waals surface area contributed by atoms with E-state index in [-0.39, 0.29) is 11.7 Å². The first-order chi connectivity index (χ1) is 9.56. The summed E-state index contributed by atoms with van der Waals surface area (Å²) in [5, 5.41) is 2.88. The van der Waals surface area contributed by atoms with Crippen molar-refractivity contribution >= 4 is 17.4 Å². The SMILES string of the molecule is CC(=O)c1ccc(NC(=O)CN2CCCC[C@@H]2C)cc1. The zero-order valence-electron chi connectivity index (χ0n) is 12.2. The maximum absolute atomic E-state index is 12.0. The van der Waals surface area contributed by atoms with Gasteiger partial charge in [-0.2, -0.15) is 0 Å². The molecule has 0 radical (unpaired) electrons. The average molecular weight is 274 g/mol. The Morgan fingerprint density at radius 3 is 2.55 bits per heavy atom. The van der Waals surface area contributed by atoms with Crippen LogP contribution in [0.2, 0.25) is 0 Å². The number of benzene rings is 1. The number of carbonyl (C=O) groups is 2. The van der Waals surface area contributed by atoms with Crippen molar-refractivity contribution in [3.63, 3.8) is 0 Å². The van der Waals surface area contributed by atoms with Crippen molar-refractivity contribution in [2.24, 2.45) is 0 Å². The summed E-state index contributed by atoms with van der Waals surface area (Å²) in [6.45, 7) is 5.15. The number of Topliss-reactive ketones (excluding diaryl/α,β-unsaturated/α-hetero) is 1. The largest absolute Gasteiger partial charge is 0.325 e. The highest BCUT2D eigenvalue weighted by Crippen LogP contribution is 2.16. The molecule has 1 saturated heterocycles. The molecule has 0 unspecified atom stereocenters. The Bertz CT molecular complexity index is 482. The molecule has 2 rings (SSSR count). The van der Waals surface area contributed by atoms with Crippen LogP contribution in [0.5, 0.6) is 0 Å². The summed E-state index contributed by atoms with van der Waals surface area (Å²) in [7, 11) is 0. The lowest BCUT2D eigenvalue weighted by Gasteiger charge is -2.32. The van der Waals surface area contributed by atoms with Gasteiger partial charge in [0, 0.05) is 17.3 Å². The quantitative estimate of drug-likeness (QED) is 0.859. The van der Waals surface area contributed by atoms with Crippen LogP contribution in [-0.2, 0) is 4.79 Å². The highest BCUT2D eigenvalue weighted by molar-refractivity contribution is 5.96. The molecule has 4 nitrogen and oxygen atoms in total. The predicted molar refractivity (Wildman–Crippen MR) is 80.0 cm³/mol. The third kappa shape index (κ3) is 3.90. The van der Waals surface area contributed by atoms with E-state index in [9.17, 15) is 9.59 Å². The Kier molecular flexibility index (Phi) is 4.90. The highest BCUT2D eigenvalue weighted by atomic mass is 16.2. The molecule has 0 saturated carbocycles. The molecule has 4 heteroatoms. The standard InChI is InChI=1S/C16H22N2O2/c1-12-5-3-4-10-18(12)11-16(20)17-15-8-6-14(7-9-15)13(2)19/h6-9,12H,3-5,10-11H2,1-2H3,(H,17,20)/t12-/m0/s1. The van der Waals surface area contributed by atoms with E-state index in [0.29, 0.717) is 18.2 Å². The van der Waals surface area contributed by atoms with Gasteiger partial charge in [0.1, 0.15) is 0 Å². The summed E-state index contributed by atoms with van der Waals surface area (Å²) in [4.78, 5) is 25.4. The molecule has 1 atom stereocenters. The first-order valence-corrected chi connectivity index (χ1v) is 7.21. The number of ketones is 1. The molecule has 108 valence electrons. The van der Waals surface area contributed by atoms with Crippen molar-refractivity contribution in [1.29, 1.82) is 0 Å². The second-order valence-electron chi connectivity index (χ2n) is 5.50. The van der Waals surface area contributed by atoms with Crippen LogP contribution in [0.25, 0.3) is 0 Å². The van der Waals surface area contributed by atoms with E-state index < -0.39 is 0 Å². The maximum atomic E-state index is 12.0. The van der Waals surface area contributed by atoms with E-state index >= 15 is 0 Å². The molecule has 1 aromatic carbocycles. The Morgan fingerprint density at radius 1 is 1.25 bits per heavy atom. The van der Waals surface area contributed by atoms with Crippen molar-refractivity contribution in [2.75, 3.05) is 18.4 Å². The van der Waals surface area contributed by atoms with E-state index in [1.54, 1.807) is 24.3 Å². The molecule has 1 aliphatic rings. The number of likely N-dealkylation sites (tertiary alicyclic amines) is 1. The average Bonchev–Trinajstić information content (AvgIpc) is 2.42. The number of amides is 1. The minimum absolute atomic E-state index is 0.00863. The van der Waals surface area contributed by atoms with Gasteiger partial charge in [0.05, 0.1) is 6.54 Å². The molecule has 1 amide bonds. The molecule has 1 aliphatic heterocycles. The van der Waals surface area contributed by atoms with Gasteiger partial charge in [0.25, 0.3) is 0 Å². The maximum Gasteiger partial charge on any atom is 0.238 e. The number of hydrogen-bond acceptors (Lipinski definition) is 3. The molecule has 20 heavy (non-hydrogen) atoms. The van der Waals surface area contributed by atoms with Crippen LogP contribution in [0.4, 0.5) is 5.69 Å². The van der Waals surface area contributed by atoms with Gasteiger partial charge in [0.15, 0.2) is 5.78 Å². The zero-order valence-corrected chi connectivity index (χ0v) is 12.2. The van der Waals surface area contributed by atoms with E-state index in [0.717, 1.165) is 12.2 Å². The molecular weight excluding hydrogens is 252 g/mol. The molecule has 0 aliphatic carbocycles. The molecule has 1 heterocycles. The number of rotatable bonds is 4. The second kappa shape index (κ2) is 6.66. The van der Waals surface area contributed by atoms with Gasteiger partial charge < -0.3 is 5.32 Å². The normalized spacial score (nSPS) is 19.6. The van der Waals surface area contributed by atoms with Crippen LogP contribution in [0.1, 0.15) is 43.5 Å². The Balaban J connectivity index is 1.89. The first kappa shape index (κ1) is 14.7. The van der Waals surface area contributed by atoms with Crippen molar-refractivity contribution in [3.8, 4) is 0 Å². The van der Waals surface area contributed by atoms with E-state index in [1.165, 1.54) is 26.2 Å². The van der Waals surface area contributed by atoms with Crippen LogP contribution in [0.3, 0.4) is 0 Å². The van der Waals surface area contributed by atoms with Crippen LogP contribution in [0.15, 0.2) is 24.3 Å². The van der Waals surface area contributed by atoms with E-state index in [1.807, 2.05) is 0 Å². The third-order valence-corrected chi connectivity index (χ3v) is 3.86. The number of hydrogen-bond donors (Lipinski definition) is 1. The Morgan fingerprint density at radius 2 is 1.95 bits per heavy atom. The van der Waals surface area contributed by atoms with Crippen LogP contribution in [-0.4, -0.2) is 35.7 Å². The van der Waals surface area contributed by atoms with Crippen molar-refractivity contribution < 1.29 is 9.59 Å². The molecular formula is C16H22N2O2. The third-order valence-electron chi connectivity index (χ3n) is 3.86. The summed E-state index contributed by atoms with van der Waals surface area (Å²) in [6.07, 6.45) is 3.59. The van der Waals surface area contributed by atoms with Gasteiger partial charge in [0.2, 0.25) is 5.91 Å². The van der Waals surface area contributed by atoms with Gasteiger partial charge in [-0.15, -0.1) is 0 Å².